The monoisotopic (exact) mass is 275 g/mol. The molecular formula is C14H21N5O. The minimum atomic E-state index is -0.139. The number of nitrogens with two attached hydrogens (primary N) is 1. The summed E-state index contributed by atoms with van der Waals surface area (Å²) < 4.78 is 0. The first-order chi connectivity index (χ1) is 9.49. The number of pyridine rings is 1. The van der Waals surface area contributed by atoms with Gasteiger partial charge in [-0.05, 0) is 24.8 Å². The van der Waals surface area contributed by atoms with Crippen molar-refractivity contribution >= 4 is 17.4 Å². The number of carbonyl (C=O) groups excluding carboxylic acids is 1. The predicted octanol–water partition coefficient (Wildman–Crippen LogP) is 1.10. The number of hydrogen-bond acceptors (Lipinski definition) is 4. The van der Waals surface area contributed by atoms with E-state index in [-0.39, 0.29) is 11.6 Å². The Morgan fingerprint density at radius 3 is 2.95 bits per heavy atom. The molecule has 20 heavy (non-hydrogen) atoms. The topological polar surface area (TPSA) is 74.5 Å². The fourth-order valence-corrected chi connectivity index (χ4v) is 3.08. The Labute approximate surface area is 118 Å². The van der Waals surface area contributed by atoms with Gasteiger partial charge in [0.2, 0.25) is 0 Å². The van der Waals surface area contributed by atoms with Gasteiger partial charge in [0.15, 0.2) is 0 Å². The van der Waals surface area contributed by atoms with Crippen LogP contribution in [0.5, 0.6) is 0 Å². The molecule has 1 aliphatic heterocycles. The number of fused-ring (bicyclic) bond motifs is 1. The maximum atomic E-state index is 12.4. The van der Waals surface area contributed by atoms with E-state index in [9.17, 15) is 4.79 Å². The number of aromatic nitrogens is 1. The molecule has 0 radical (unpaired) electrons. The third-order valence-corrected chi connectivity index (χ3v) is 4.51. The third-order valence-electron chi connectivity index (χ3n) is 4.51. The van der Waals surface area contributed by atoms with Crippen molar-refractivity contribution in [3.63, 3.8) is 0 Å². The van der Waals surface area contributed by atoms with Crippen molar-refractivity contribution in [3.8, 4) is 0 Å². The van der Waals surface area contributed by atoms with Gasteiger partial charge < -0.3 is 20.9 Å². The lowest BCUT2D eigenvalue weighted by atomic mass is 9.70. The number of carbonyl (C=O) groups is 1. The number of hydrogen-bond donors (Lipinski definition) is 2. The first kappa shape index (κ1) is 13.2. The van der Waals surface area contributed by atoms with E-state index >= 15 is 0 Å². The van der Waals surface area contributed by atoms with Crippen molar-refractivity contribution in [2.24, 2.45) is 11.7 Å². The Morgan fingerprint density at radius 1 is 1.60 bits per heavy atom. The summed E-state index contributed by atoms with van der Waals surface area (Å²) in [6.07, 6.45) is 5.59. The summed E-state index contributed by atoms with van der Waals surface area (Å²) in [7, 11) is 3.86. The normalized spacial score (nSPS) is 27.8. The highest BCUT2D eigenvalue weighted by Crippen LogP contribution is 2.42. The third kappa shape index (κ3) is 2.10. The molecule has 1 saturated heterocycles. The van der Waals surface area contributed by atoms with Gasteiger partial charge in [0.05, 0.1) is 17.6 Å². The molecule has 6 heteroatoms. The fourth-order valence-electron chi connectivity index (χ4n) is 3.08. The number of rotatable bonds is 2. The second-order valence-electron chi connectivity index (χ2n) is 6.07. The Kier molecular flexibility index (Phi) is 3.05. The van der Waals surface area contributed by atoms with Crippen molar-refractivity contribution in [1.82, 2.24) is 9.88 Å². The van der Waals surface area contributed by atoms with E-state index in [0.717, 1.165) is 30.8 Å². The van der Waals surface area contributed by atoms with Crippen molar-refractivity contribution in [2.45, 2.75) is 18.4 Å². The van der Waals surface area contributed by atoms with Crippen LogP contribution in [0.1, 0.15) is 12.8 Å². The van der Waals surface area contributed by atoms with Crippen LogP contribution in [-0.2, 0) is 0 Å². The quantitative estimate of drug-likeness (QED) is 0.847. The first-order valence-corrected chi connectivity index (χ1v) is 6.96. The lowest BCUT2D eigenvalue weighted by molar-refractivity contribution is 0.188. The summed E-state index contributed by atoms with van der Waals surface area (Å²) in [6.45, 7) is 1.43. The zero-order chi connectivity index (χ0) is 14.3. The van der Waals surface area contributed by atoms with E-state index in [2.05, 4.69) is 10.3 Å². The predicted molar refractivity (Wildman–Crippen MR) is 78.8 cm³/mol. The van der Waals surface area contributed by atoms with E-state index < -0.39 is 0 Å². The molecule has 3 N–H and O–H groups in total. The number of nitrogens with one attached hydrogen (secondary N) is 1. The molecule has 0 unspecified atom stereocenters. The first-order valence-electron chi connectivity index (χ1n) is 6.96. The number of urea groups is 1. The van der Waals surface area contributed by atoms with Crippen LogP contribution in [0.2, 0.25) is 0 Å². The maximum absolute atomic E-state index is 12.4. The minimum absolute atomic E-state index is 0.0708. The summed E-state index contributed by atoms with van der Waals surface area (Å²) in [4.78, 5) is 20.2. The summed E-state index contributed by atoms with van der Waals surface area (Å²) in [5.74, 6) is 0.471. The largest absolute Gasteiger partial charge is 0.375 e. The molecule has 1 aliphatic carbocycles. The van der Waals surface area contributed by atoms with Gasteiger partial charge in [-0.3, -0.25) is 4.98 Å². The van der Waals surface area contributed by atoms with Crippen LogP contribution in [-0.4, -0.2) is 48.6 Å². The van der Waals surface area contributed by atoms with Crippen LogP contribution in [0.15, 0.2) is 18.5 Å². The molecule has 2 amide bonds. The Balaban J connectivity index is 1.71. The number of nitrogens with zero attached hydrogens (tertiary/aromatic N) is 3. The molecule has 3 rings (SSSR count). The van der Waals surface area contributed by atoms with Gasteiger partial charge in [-0.2, -0.15) is 0 Å². The average Bonchev–Trinajstić information content (AvgIpc) is 2.63. The molecule has 2 fully saturated rings. The van der Waals surface area contributed by atoms with E-state index in [0.29, 0.717) is 12.5 Å². The molecule has 0 bridgehead atoms. The average molecular weight is 275 g/mol. The highest BCUT2D eigenvalue weighted by molar-refractivity contribution is 5.93. The van der Waals surface area contributed by atoms with Crippen molar-refractivity contribution < 1.29 is 4.79 Å². The molecule has 1 aromatic heterocycles. The Bertz CT molecular complexity index is 532. The standard InChI is InChI=1S/C14H21N5O/c1-18(2)12-7-16-6-4-11(12)17-13(20)19-8-10-3-5-14(10,15)9-19/h4,6-7,10H,3,5,8-9,15H2,1-2H3,(H,16,17,20)/t10-,14-/m0/s1. The summed E-state index contributed by atoms with van der Waals surface area (Å²) in [5.41, 5.74) is 7.80. The zero-order valence-electron chi connectivity index (χ0n) is 12.0. The van der Waals surface area contributed by atoms with Gasteiger partial charge in [0.25, 0.3) is 0 Å². The molecule has 1 aromatic rings. The molecule has 6 nitrogen and oxygen atoms in total. The Morgan fingerprint density at radius 2 is 2.40 bits per heavy atom. The molecule has 2 aliphatic rings. The highest BCUT2D eigenvalue weighted by atomic mass is 16.2. The van der Waals surface area contributed by atoms with Crippen molar-refractivity contribution in [1.29, 1.82) is 0 Å². The van der Waals surface area contributed by atoms with Crippen LogP contribution in [0, 0.1) is 5.92 Å². The van der Waals surface area contributed by atoms with Crippen LogP contribution in [0.4, 0.5) is 16.2 Å². The van der Waals surface area contributed by atoms with Crippen molar-refractivity contribution in [2.75, 3.05) is 37.4 Å². The number of amides is 2. The van der Waals surface area contributed by atoms with Crippen LogP contribution < -0.4 is 16.0 Å². The SMILES string of the molecule is CN(C)c1cnccc1NC(=O)N1C[C@@H]2CC[C@]2(N)C1. The van der Waals surface area contributed by atoms with Gasteiger partial charge in [-0.15, -0.1) is 0 Å². The van der Waals surface area contributed by atoms with Gasteiger partial charge in [0, 0.05) is 38.9 Å². The van der Waals surface area contributed by atoms with E-state index in [1.54, 1.807) is 12.4 Å². The molecule has 108 valence electrons. The van der Waals surface area contributed by atoms with Crippen LogP contribution >= 0.6 is 0 Å². The van der Waals surface area contributed by atoms with E-state index in [4.69, 9.17) is 5.73 Å². The second kappa shape index (κ2) is 4.63. The van der Waals surface area contributed by atoms with Gasteiger partial charge in [-0.25, -0.2) is 4.79 Å². The lowest BCUT2D eigenvalue weighted by Gasteiger charge is -2.39. The number of likely N-dealkylation sites (tertiary alicyclic amines) is 1. The van der Waals surface area contributed by atoms with E-state index in [1.165, 1.54) is 0 Å². The zero-order valence-corrected chi connectivity index (χ0v) is 12.0. The maximum Gasteiger partial charge on any atom is 0.321 e. The van der Waals surface area contributed by atoms with Gasteiger partial charge >= 0.3 is 6.03 Å². The molecule has 1 saturated carbocycles. The number of anilines is 2. The molecule has 2 atom stereocenters. The van der Waals surface area contributed by atoms with Crippen LogP contribution in [0.25, 0.3) is 0 Å². The van der Waals surface area contributed by atoms with E-state index in [1.807, 2.05) is 30.0 Å². The Hall–Kier alpha value is -1.82. The molecule has 0 spiro atoms. The van der Waals surface area contributed by atoms with Gasteiger partial charge in [0.1, 0.15) is 0 Å². The summed E-state index contributed by atoms with van der Waals surface area (Å²) in [6, 6.07) is 1.74. The fraction of sp³-hybridized carbons (Fsp3) is 0.571. The van der Waals surface area contributed by atoms with Crippen LogP contribution in [0.3, 0.4) is 0 Å². The minimum Gasteiger partial charge on any atom is -0.375 e. The summed E-state index contributed by atoms with van der Waals surface area (Å²) in [5, 5.41) is 2.97. The summed E-state index contributed by atoms with van der Waals surface area (Å²) >= 11 is 0. The second-order valence-corrected chi connectivity index (χ2v) is 6.07. The van der Waals surface area contributed by atoms with Gasteiger partial charge in [-0.1, -0.05) is 0 Å². The lowest BCUT2D eigenvalue weighted by Crippen LogP contribution is -2.54. The molecular weight excluding hydrogens is 254 g/mol. The molecule has 2 heterocycles. The van der Waals surface area contributed by atoms with Crippen molar-refractivity contribution in [3.05, 3.63) is 18.5 Å². The smallest absolute Gasteiger partial charge is 0.321 e. The highest BCUT2D eigenvalue weighted by Gasteiger charge is 2.51. The molecule has 0 aromatic carbocycles.